The third-order valence-electron chi connectivity index (χ3n) is 4.53. The Morgan fingerprint density at radius 2 is 2.18 bits per heavy atom. The number of aliphatic hydroxyl groups excluding tert-OH is 2. The number of fused-ring (bicyclic) bond motifs is 1. The standard InChI is InChI=1S/C16H26N2O3S/c1-12(17(3)9-16(2,10-19)11-20)15(21)18-6-4-14-13(8-18)5-7-22-14/h5,7,12,19-20H,4,6,8-11H2,1-3H3. The van der Waals surface area contributed by atoms with Gasteiger partial charge in [-0.15, -0.1) is 11.3 Å². The van der Waals surface area contributed by atoms with Gasteiger partial charge >= 0.3 is 0 Å². The number of likely N-dealkylation sites (N-methyl/N-ethyl adjacent to an activating group) is 1. The Morgan fingerprint density at radius 3 is 2.82 bits per heavy atom. The summed E-state index contributed by atoms with van der Waals surface area (Å²) in [6, 6.07) is 1.83. The molecule has 1 aromatic heterocycles. The molecule has 0 bridgehead atoms. The molecule has 0 aromatic carbocycles. The van der Waals surface area contributed by atoms with Gasteiger partial charge in [-0.3, -0.25) is 9.69 Å². The summed E-state index contributed by atoms with van der Waals surface area (Å²) in [4.78, 5) is 17.9. The molecule has 0 aliphatic carbocycles. The minimum absolute atomic E-state index is 0.100. The molecule has 0 fully saturated rings. The lowest BCUT2D eigenvalue weighted by atomic mass is 9.92. The third kappa shape index (κ3) is 3.68. The summed E-state index contributed by atoms with van der Waals surface area (Å²) >= 11 is 1.76. The van der Waals surface area contributed by atoms with Crippen LogP contribution in [0.4, 0.5) is 0 Å². The van der Waals surface area contributed by atoms with Crippen LogP contribution in [0.2, 0.25) is 0 Å². The fraction of sp³-hybridized carbons (Fsp3) is 0.688. The molecule has 0 saturated heterocycles. The van der Waals surface area contributed by atoms with Gasteiger partial charge in [-0.1, -0.05) is 6.92 Å². The van der Waals surface area contributed by atoms with Crippen molar-refractivity contribution in [1.29, 1.82) is 0 Å². The fourth-order valence-corrected chi connectivity index (χ4v) is 3.67. The van der Waals surface area contributed by atoms with Gasteiger partial charge in [-0.05, 0) is 37.4 Å². The first-order valence-electron chi connectivity index (χ1n) is 7.66. The Kier molecular flexibility index (Phi) is 5.60. The third-order valence-corrected chi connectivity index (χ3v) is 5.56. The molecule has 124 valence electrons. The maximum absolute atomic E-state index is 12.7. The van der Waals surface area contributed by atoms with Gasteiger partial charge in [0.25, 0.3) is 0 Å². The van der Waals surface area contributed by atoms with Crippen molar-refractivity contribution >= 4 is 17.2 Å². The topological polar surface area (TPSA) is 64.0 Å². The largest absolute Gasteiger partial charge is 0.396 e. The highest BCUT2D eigenvalue weighted by molar-refractivity contribution is 7.10. The lowest BCUT2D eigenvalue weighted by Crippen LogP contribution is -2.50. The van der Waals surface area contributed by atoms with E-state index >= 15 is 0 Å². The first kappa shape index (κ1) is 17.4. The Bertz CT molecular complexity index is 513. The second-order valence-corrected chi connectivity index (χ2v) is 7.60. The predicted octanol–water partition coefficient (Wildman–Crippen LogP) is 0.944. The van der Waals surface area contributed by atoms with E-state index in [4.69, 9.17) is 0 Å². The van der Waals surface area contributed by atoms with Crippen molar-refractivity contribution in [2.24, 2.45) is 5.41 Å². The van der Waals surface area contributed by atoms with Crippen LogP contribution in [0.5, 0.6) is 0 Å². The smallest absolute Gasteiger partial charge is 0.239 e. The van der Waals surface area contributed by atoms with Crippen molar-refractivity contribution < 1.29 is 15.0 Å². The van der Waals surface area contributed by atoms with Gasteiger partial charge in [0.1, 0.15) is 0 Å². The molecular formula is C16H26N2O3S. The molecule has 1 atom stereocenters. The highest BCUT2D eigenvalue weighted by Crippen LogP contribution is 2.25. The average Bonchev–Trinajstić information content (AvgIpc) is 3.00. The highest BCUT2D eigenvalue weighted by atomic mass is 32.1. The normalized spacial score (nSPS) is 16.7. The molecular weight excluding hydrogens is 300 g/mol. The fourth-order valence-electron chi connectivity index (χ4n) is 2.78. The van der Waals surface area contributed by atoms with Gasteiger partial charge in [-0.2, -0.15) is 0 Å². The zero-order chi connectivity index (χ0) is 16.3. The molecule has 1 aliphatic rings. The van der Waals surface area contributed by atoms with Crippen LogP contribution in [-0.2, 0) is 17.8 Å². The van der Waals surface area contributed by atoms with Crippen LogP contribution in [0.15, 0.2) is 11.4 Å². The number of hydrogen-bond acceptors (Lipinski definition) is 5. The Labute approximate surface area is 136 Å². The van der Waals surface area contributed by atoms with E-state index in [1.807, 2.05) is 30.7 Å². The predicted molar refractivity (Wildman–Crippen MR) is 87.8 cm³/mol. The van der Waals surface area contributed by atoms with E-state index in [0.29, 0.717) is 13.1 Å². The summed E-state index contributed by atoms with van der Waals surface area (Å²) < 4.78 is 0. The molecule has 22 heavy (non-hydrogen) atoms. The number of carbonyl (C=O) groups excluding carboxylic acids is 1. The van der Waals surface area contributed by atoms with Crippen LogP contribution >= 0.6 is 11.3 Å². The lowest BCUT2D eigenvalue weighted by molar-refractivity contribution is -0.137. The van der Waals surface area contributed by atoms with Crippen LogP contribution in [-0.4, -0.2) is 65.3 Å². The van der Waals surface area contributed by atoms with E-state index in [1.54, 1.807) is 11.3 Å². The molecule has 2 rings (SSSR count). The van der Waals surface area contributed by atoms with E-state index < -0.39 is 5.41 Å². The number of thiophene rings is 1. The minimum Gasteiger partial charge on any atom is -0.396 e. The summed E-state index contributed by atoms with van der Waals surface area (Å²) in [5.41, 5.74) is 0.668. The Morgan fingerprint density at radius 1 is 1.50 bits per heavy atom. The quantitative estimate of drug-likeness (QED) is 0.817. The summed E-state index contributed by atoms with van der Waals surface area (Å²) in [5, 5.41) is 20.9. The van der Waals surface area contributed by atoms with Gasteiger partial charge in [0.15, 0.2) is 0 Å². The van der Waals surface area contributed by atoms with Crippen molar-refractivity contribution in [2.75, 3.05) is 33.4 Å². The van der Waals surface area contributed by atoms with Crippen LogP contribution in [0, 0.1) is 5.41 Å². The van der Waals surface area contributed by atoms with E-state index in [9.17, 15) is 15.0 Å². The van der Waals surface area contributed by atoms with E-state index in [-0.39, 0.29) is 25.2 Å². The molecule has 6 heteroatoms. The molecule has 2 N–H and O–H groups in total. The van der Waals surface area contributed by atoms with Crippen molar-refractivity contribution in [1.82, 2.24) is 9.80 Å². The van der Waals surface area contributed by atoms with Crippen molar-refractivity contribution in [3.8, 4) is 0 Å². The van der Waals surface area contributed by atoms with Crippen molar-refractivity contribution in [3.63, 3.8) is 0 Å². The zero-order valence-electron chi connectivity index (χ0n) is 13.6. The van der Waals surface area contributed by atoms with Gasteiger partial charge in [-0.25, -0.2) is 0 Å². The monoisotopic (exact) mass is 326 g/mol. The minimum atomic E-state index is -0.592. The molecule has 5 nitrogen and oxygen atoms in total. The lowest BCUT2D eigenvalue weighted by Gasteiger charge is -2.36. The number of carbonyl (C=O) groups is 1. The van der Waals surface area contributed by atoms with Crippen LogP contribution in [0.1, 0.15) is 24.3 Å². The van der Waals surface area contributed by atoms with Crippen LogP contribution in [0.3, 0.4) is 0 Å². The van der Waals surface area contributed by atoms with E-state index in [2.05, 4.69) is 11.4 Å². The molecule has 2 heterocycles. The van der Waals surface area contributed by atoms with Gasteiger partial charge in [0, 0.05) is 29.9 Å². The SMILES string of the molecule is CC(C(=O)N1CCc2sccc2C1)N(C)CC(C)(CO)CO. The summed E-state index contributed by atoms with van der Waals surface area (Å²) in [6.07, 6.45) is 0.931. The molecule has 1 amide bonds. The summed E-state index contributed by atoms with van der Waals surface area (Å²) in [5.74, 6) is 0.109. The van der Waals surface area contributed by atoms with E-state index in [1.165, 1.54) is 10.4 Å². The molecule has 1 unspecified atom stereocenters. The zero-order valence-corrected chi connectivity index (χ0v) is 14.4. The molecule has 1 aliphatic heterocycles. The molecule has 0 spiro atoms. The second kappa shape index (κ2) is 7.08. The van der Waals surface area contributed by atoms with Crippen molar-refractivity contribution in [3.05, 3.63) is 21.9 Å². The molecule has 0 radical (unpaired) electrons. The highest BCUT2D eigenvalue weighted by Gasteiger charge is 2.31. The first-order valence-corrected chi connectivity index (χ1v) is 8.54. The van der Waals surface area contributed by atoms with Crippen molar-refractivity contribution in [2.45, 2.75) is 32.9 Å². The summed E-state index contributed by atoms with van der Waals surface area (Å²) in [7, 11) is 1.87. The van der Waals surface area contributed by atoms with E-state index in [0.717, 1.165) is 13.0 Å². The van der Waals surface area contributed by atoms with Gasteiger partial charge in [0.2, 0.25) is 5.91 Å². The van der Waals surface area contributed by atoms with Gasteiger partial charge in [0.05, 0.1) is 19.3 Å². The Hall–Kier alpha value is -0.950. The maximum Gasteiger partial charge on any atom is 0.239 e. The number of rotatable bonds is 6. The number of hydrogen-bond donors (Lipinski definition) is 2. The Balaban J connectivity index is 1.97. The molecule has 1 aromatic rings. The van der Waals surface area contributed by atoms with Gasteiger partial charge < -0.3 is 15.1 Å². The number of amides is 1. The maximum atomic E-state index is 12.7. The second-order valence-electron chi connectivity index (χ2n) is 6.60. The molecule has 0 saturated carbocycles. The first-order chi connectivity index (χ1) is 10.4. The van der Waals surface area contributed by atoms with Crippen LogP contribution < -0.4 is 0 Å². The summed E-state index contributed by atoms with van der Waals surface area (Å²) in [6.45, 7) is 5.44. The van der Waals surface area contributed by atoms with Crippen LogP contribution in [0.25, 0.3) is 0 Å². The number of aliphatic hydroxyl groups is 2. The average molecular weight is 326 g/mol. The number of nitrogens with zero attached hydrogens (tertiary/aromatic N) is 2.